The number of carbonyl (C=O) groups is 2. The lowest BCUT2D eigenvalue weighted by Gasteiger charge is -2.28. The molecule has 5 aromatic rings. The number of aryl methyl sites for hydroxylation is 1. The summed E-state index contributed by atoms with van der Waals surface area (Å²) in [6.45, 7) is 2.52. The summed E-state index contributed by atoms with van der Waals surface area (Å²) in [6, 6.07) is 1.98. The molecule has 0 radical (unpaired) electrons. The third kappa shape index (κ3) is 5.02. The minimum absolute atomic E-state index is 0.0406. The summed E-state index contributed by atoms with van der Waals surface area (Å²) < 4.78 is 19.3. The number of thiazole rings is 2. The molecule has 15 nitrogen and oxygen atoms in total. The molecule has 1 unspecified atom stereocenters. The SMILES string of the molecule is COc1ncc(-c2cnn(C)c2)c2sc(C(C#N)(CC(=O)Nc3nc4c(OC)ncc(N5CCOCC5)c4s3)C(N)=O)nc12. The van der Waals surface area contributed by atoms with Crippen molar-refractivity contribution in [3.63, 3.8) is 0 Å². The molecule has 0 saturated carbocycles. The number of carbonyl (C=O) groups excluding carboxylic acids is 2. The molecule has 2 amide bonds. The van der Waals surface area contributed by atoms with E-state index in [1.807, 2.05) is 6.07 Å². The highest BCUT2D eigenvalue weighted by atomic mass is 32.1. The first kappa shape index (κ1) is 29.2. The number of hydrogen-bond donors (Lipinski definition) is 2. The lowest BCUT2D eigenvalue weighted by atomic mass is 9.85. The van der Waals surface area contributed by atoms with E-state index in [0.717, 1.165) is 27.3 Å². The number of fused-ring (bicyclic) bond motifs is 2. The van der Waals surface area contributed by atoms with Gasteiger partial charge in [0.25, 0.3) is 0 Å². The van der Waals surface area contributed by atoms with Gasteiger partial charge in [-0.05, 0) is 0 Å². The number of morpholine rings is 1. The Hall–Kier alpha value is -4.92. The van der Waals surface area contributed by atoms with Crippen molar-refractivity contribution in [2.75, 3.05) is 50.7 Å². The number of nitrogens with zero attached hydrogens (tertiary/aromatic N) is 8. The molecule has 1 atom stereocenters. The van der Waals surface area contributed by atoms with E-state index >= 15 is 0 Å². The van der Waals surface area contributed by atoms with E-state index in [0.29, 0.717) is 53.5 Å². The second-order valence-corrected chi connectivity index (χ2v) is 11.8. The Bertz CT molecular complexity index is 1940. The van der Waals surface area contributed by atoms with Gasteiger partial charge in [-0.15, -0.1) is 11.3 Å². The van der Waals surface area contributed by atoms with Gasteiger partial charge in [-0.25, -0.2) is 19.9 Å². The van der Waals surface area contributed by atoms with Gasteiger partial charge in [-0.3, -0.25) is 14.3 Å². The van der Waals surface area contributed by atoms with Crippen LogP contribution in [0.15, 0.2) is 24.8 Å². The van der Waals surface area contributed by atoms with Crippen molar-refractivity contribution in [1.82, 2.24) is 29.7 Å². The number of nitrogens with two attached hydrogens (primary N) is 1. The smallest absolute Gasteiger partial charge is 0.245 e. The first-order chi connectivity index (χ1) is 21.3. The molecule has 1 aliphatic heterocycles. The number of rotatable bonds is 9. The van der Waals surface area contributed by atoms with Crippen LogP contribution in [0.4, 0.5) is 10.8 Å². The van der Waals surface area contributed by atoms with Crippen molar-refractivity contribution in [3.05, 3.63) is 29.8 Å². The van der Waals surface area contributed by atoms with Crippen LogP contribution in [-0.4, -0.2) is 82.1 Å². The predicted octanol–water partition coefficient (Wildman–Crippen LogP) is 2.23. The van der Waals surface area contributed by atoms with Crippen LogP contribution in [0.1, 0.15) is 11.4 Å². The molecule has 226 valence electrons. The van der Waals surface area contributed by atoms with Crippen LogP contribution in [0.2, 0.25) is 0 Å². The summed E-state index contributed by atoms with van der Waals surface area (Å²) in [6.07, 6.45) is 6.17. The molecule has 0 spiro atoms. The average Bonchev–Trinajstić information content (AvgIpc) is 3.77. The summed E-state index contributed by atoms with van der Waals surface area (Å²) in [5, 5.41) is 17.6. The van der Waals surface area contributed by atoms with E-state index in [9.17, 15) is 14.9 Å². The van der Waals surface area contributed by atoms with E-state index < -0.39 is 23.7 Å². The highest BCUT2D eigenvalue weighted by Crippen LogP contribution is 2.42. The standard InChI is InChI=1S/C27H26N10O5S2/c1-36-12-14(9-32-36)15-10-30-22(40-2)18-20(15)43-25(34-18)27(13-28,24(29)39)8-17(38)33-26-35-19-21(44-26)16(11-31-23(19)41-3)37-4-6-42-7-5-37/h9-12H,4-8H2,1-3H3,(H2,29,39)(H,33,35,38). The minimum atomic E-state index is -2.08. The summed E-state index contributed by atoms with van der Waals surface area (Å²) in [4.78, 5) is 46.4. The molecular weight excluding hydrogens is 608 g/mol. The van der Waals surface area contributed by atoms with Gasteiger partial charge in [-0.2, -0.15) is 10.4 Å². The zero-order valence-electron chi connectivity index (χ0n) is 23.9. The van der Waals surface area contributed by atoms with Crippen LogP contribution in [0, 0.1) is 11.3 Å². The van der Waals surface area contributed by atoms with E-state index in [1.54, 1.807) is 36.5 Å². The van der Waals surface area contributed by atoms with Crippen molar-refractivity contribution in [1.29, 1.82) is 5.26 Å². The molecule has 0 aromatic carbocycles. The van der Waals surface area contributed by atoms with Crippen molar-refractivity contribution < 1.29 is 23.8 Å². The Labute approximate surface area is 258 Å². The number of aromatic nitrogens is 6. The molecule has 0 aliphatic carbocycles. The number of pyridine rings is 2. The van der Waals surface area contributed by atoms with E-state index in [4.69, 9.17) is 19.9 Å². The molecule has 1 saturated heterocycles. The van der Waals surface area contributed by atoms with E-state index in [2.05, 4.69) is 35.3 Å². The van der Waals surface area contributed by atoms with Crippen LogP contribution in [0.25, 0.3) is 31.6 Å². The van der Waals surface area contributed by atoms with Gasteiger partial charge in [0.1, 0.15) is 16.0 Å². The first-order valence-electron chi connectivity index (χ1n) is 13.3. The maximum absolute atomic E-state index is 13.5. The summed E-state index contributed by atoms with van der Waals surface area (Å²) in [5.74, 6) is -1.17. The number of primary amides is 1. The second kappa shape index (κ2) is 11.6. The van der Waals surface area contributed by atoms with Crippen LogP contribution in [0.3, 0.4) is 0 Å². The van der Waals surface area contributed by atoms with Gasteiger partial charge in [0, 0.05) is 43.7 Å². The van der Waals surface area contributed by atoms with Gasteiger partial charge >= 0.3 is 0 Å². The number of nitrogens with one attached hydrogen (secondary N) is 1. The third-order valence-corrected chi connectivity index (χ3v) is 9.40. The Morgan fingerprint density at radius 2 is 1.80 bits per heavy atom. The Morgan fingerprint density at radius 3 is 2.43 bits per heavy atom. The number of anilines is 2. The molecule has 44 heavy (non-hydrogen) atoms. The quantitative estimate of drug-likeness (QED) is 0.240. The molecule has 1 aliphatic rings. The van der Waals surface area contributed by atoms with Gasteiger partial charge in [0.2, 0.25) is 23.6 Å². The largest absolute Gasteiger partial charge is 0.479 e. The molecule has 6 heterocycles. The predicted molar refractivity (Wildman–Crippen MR) is 163 cm³/mol. The normalized spacial score (nSPS) is 14.7. The fourth-order valence-corrected chi connectivity index (χ4v) is 7.16. The highest BCUT2D eigenvalue weighted by Gasteiger charge is 2.45. The number of amides is 2. The molecule has 1 fully saturated rings. The summed E-state index contributed by atoms with van der Waals surface area (Å²) in [7, 11) is 4.71. The maximum atomic E-state index is 13.5. The monoisotopic (exact) mass is 634 g/mol. The van der Waals surface area contributed by atoms with Crippen LogP contribution < -0.4 is 25.4 Å². The van der Waals surface area contributed by atoms with Gasteiger partial charge in [0.15, 0.2) is 10.5 Å². The molecule has 0 bridgehead atoms. The summed E-state index contributed by atoms with van der Waals surface area (Å²) in [5.41, 5.74) is 6.80. The molecule has 17 heteroatoms. The van der Waals surface area contributed by atoms with Crippen molar-refractivity contribution in [2.45, 2.75) is 11.8 Å². The molecule has 6 rings (SSSR count). The zero-order chi connectivity index (χ0) is 31.0. The molecule has 3 N–H and O–H groups in total. The fraction of sp³-hybridized carbons (Fsp3) is 0.333. The average molecular weight is 635 g/mol. The van der Waals surface area contributed by atoms with Crippen molar-refractivity contribution in [3.8, 4) is 29.0 Å². The molecule has 5 aromatic heterocycles. The number of hydrogen-bond acceptors (Lipinski definition) is 14. The van der Waals surface area contributed by atoms with Crippen LogP contribution >= 0.6 is 22.7 Å². The second-order valence-electron chi connectivity index (χ2n) is 9.84. The zero-order valence-corrected chi connectivity index (χ0v) is 25.5. The number of nitriles is 1. The van der Waals surface area contributed by atoms with Crippen LogP contribution in [0.5, 0.6) is 11.8 Å². The Balaban J connectivity index is 1.35. The van der Waals surface area contributed by atoms with Crippen molar-refractivity contribution >= 4 is 65.7 Å². The maximum Gasteiger partial charge on any atom is 0.245 e. The Kier molecular flexibility index (Phi) is 7.71. The fourth-order valence-electron chi connectivity index (χ4n) is 4.91. The lowest BCUT2D eigenvalue weighted by Crippen LogP contribution is -2.42. The number of methoxy groups -OCH3 is 2. The third-order valence-electron chi connectivity index (χ3n) is 7.15. The van der Waals surface area contributed by atoms with E-state index in [-0.39, 0.29) is 16.0 Å². The van der Waals surface area contributed by atoms with Crippen LogP contribution in [-0.2, 0) is 26.8 Å². The van der Waals surface area contributed by atoms with Gasteiger partial charge < -0.3 is 30.2 Å². The Morgan fingerprint density at radius 1 is 1.09 bits per heavy atom. The van der Waals surface area contributed by atoms with Crippen molar-refractivity contribution in [2.24, 2.45) is 12.8 Å². The first-order valence-corrected chi connectivity index (χ1v) is 14.9. The van der Waals surface area contributed by atoms with Gasteiger partial charge in [-0.1, -0.05) is 11.3 Å². The number of ether oxygens (including phenoxy) is 3. The summed E-state index contributed by atoms with van der Waals surface area (Å²) >= 11 is 2.30. The highest BCUT2D eigenvalue weighted by molar-refractivity contribution is 7.23. The minimum Gasteiger partial charge on any atom is -0.479 e. The topological polar surface area (TPSA) is 196 Å². The van der Waals surface area contributed by atoms with E-state index in [1.165, 1.54) is 25.6 Å². The van der Waals surface area contributed by atoms with Gasteiger partial charge in [0.05, 0.1) is 67.4 Å². The lowest BCUT2D eigenvalue weighted by molar-refractivity contribution is -0.126. The molecular formula is C27H26N10O5S2.